The average Bonchev–Trinajstić information content (AvgIpc) is 3.44. The number of furan rings is 1. The molecule has 0 radical (unpaired) electrons. The fraction of sp³-hybridized carbons (Fsp3) is 0.435. The first kappa shape index (κ1) is 23.8. The third-order valence-corrected chi connectivity index (χ3v) is 6.82. The second-order valence-corrected chi connectivity index (χ2v) is 10.2. The van der Waals surface area contributed by atoms with Crippen molar-refractivity contribution in [1.29, 1.82) is 0 Å². The molecule has 34 heavy (non-hydrogen) atoms. The third-order valence-electron chi connectivity index (χ3n) is 5.74. The summed E-state index contributed by atoms with van der Waals surface area (Å²) in [5.41, 5.74) is 0.470. The van der Waals surface area contributed by atoms with Crippen LogP contribution in [0.1, 0.15) is 33.0 Å². The van der Waals surface area contributed by atoms with Crippen LogP contribution in [0.3, 0.4) is 0 Å². The van der Waals surface area contributed by atoms with Crippen molar-refractivity contribution in [2.45, 2.75) is 44.1 Å². The molecule has 1 aromatic carbocycles. The summed E-state index contributed by atoms with van der Waals surface area (Å²) in [6, 6.07) is 9.51. The van der Waals surface area contributed by atoms with Gasteiger partial charge in [0.05, 0.1) is 23.0 Å². The van der Waals surface area contributed by atoms with E-state index >= 15 is 0 Å². The number of rotatable bonds is 8. The molecule has 0 saturated carbocycles. The number of thioether (sulfide) groups is 1. The Balaban J connectivity index is 1.51. The first-order chi connectivity index (χ1) is 16.3. The molecule has 0 spiro atoms. The fourth-order valence-electron chi connectivity index (χ4n) is 4.25. The topological polar surface area (TPSA) is 119 Å². The number of hydrogen-bond donors (Lipinski definition) is 1. The van der Waals surface area contributed by atoms with Gasteiger partial charge in [-0.05, 0) is 49.4 Å². The molecule has 3 unspecified atom stereocenters. The Labute approximate surface area is 201 Å². The highest BCUT2D eigenvalue weighted by Crippen LogP contribution is 2.31. The summed E-state index contributed by atoms with van der Waals surface area (Å²) >= 11 is 1.31. The molecule has 0 aliphatic carbocycles. The molecule has 180 valence electrons. The second-order valence-electron chi connectivity index (χ2n) is 8.85. The van der Waals surface area contributed by atoms with Crippen LogP contribution in [0.4, 0.5) is 17.3 Å². The molecule has 1 saturated heterocycles. The Kier molecular flexibility index (Phi) is 7.20. The number of aromatic nitrogens is 3. The highest BCUT2D eigenvalue weighted by Gasteiger charge is 2.28. The Bertz CT molecular complexity index is 1120. The first-order valence-electron chi connectivity index (χ1n) is 11.2. The van der Waals surface area contributed by atoms with E-state index < -0.39 is 10.2 Å². The molecular weight excluding hydrogens is 456 g/mol. The lowest BCUT2D eigenvalue weighted by Crippen LogP contribution is -2.40. The number of carbonyl (C=O) groups excluding carboxylic acids is 1. The van der Waals surface area contributed by atoms with Gasteiger partial charge < -0.3 is 14.6 Å². The van der Waals surface area contributed by atoms with Gasteiger partial charge in [0.15, 0.2) is 5.16 Å². The van der Waals surface area contributed by atoms with Gasteiger partial charge in [-0.2, -0.15) is 0 Å². The van der Waals surface area contributed by atoms with Gasteiger partial charge in [0.25, 0.3) is 5.69 Å². The number of benzene rings is 1. The summed E-state index contributed by atoms with van der Waals surface area (Å²) in [7, 11) is 0. The Morgan fingerprint density at radius 3 is 2.56 bits per heavy atom. The number of nitro benzene ring substituents is 1. The third kappa shape index (κ3) is 5.58. The average molecular weight is 485 g/mol. The second kappa shape index (κ2) is 10.3. The molecule has 4 rings (SSSR count). The van der Waals surface area contributed by atoms with Gasteiger partial charge in [0, 0.05) is 30.9 Å². The molecule has 3 atom stereocenters. The van der Waals surface area contributed by atoms with Gasteiger partial charge in [-0.25, -0.2) is 0 Å². The standard InChI is InChI=1S/C23H28N6O4S/c1-15-11-16(2)13-27(12-15)22-25-26-23(28(22)14-20-5-4-10-33-20)34-17(3)21(30)24-18-6-8-19(9-7-18)29(31)32/h4-10,15-17H,11-14H2,1-3H3,(H,24,30). The number of nitrogens with zero attached hydrogens (tertiary/aromatic N) is 5. The minimum atomic E-state index is -0.475. The molecule has 1 aliphatic heterocycles. The smallest absolute Gasteiger partial charge is 0.269 e. The van der Waals surface area contributed by atoms with Crippen LogP contribution in [-0.2, 0) is 11.3 Å². The molecule has 10 nitrogen and oxygen atoms in total. The largest absolute Gasteiger partial charge is 0.467 e. The normalized spacial score (nSPS) is 19.1. The molecule has 3 heterocycles. The Hall–Kier alpha value is -3.34. The van der Waals surface area contributed by atoms with Gasteiger partial charge in [0.2, 0.25) is 11.9 Å². The van der Waals surface area contributed by atoms with Gasteiger partial charge in [-0.15, -0.1) is 10.2 Å². The number of piperidine rings is 1. The van der Waals surface area contributed by atoms with Crippen LogP contribution < -0.4 is 10.2 Å². The molecule has 1 N–H and O–H groups in total. The Morgan fingerprint density at radius 1 is 1.24 bits per heavy atom. The van der Waals surface area contributed by atoms with Crippen LogP contribution in [0.5, 0.6) is 0 Å². The van der Waals surface area contributed by atoms with E-state index in [-0.39, 0.29) is 11.6 Å². The predicted molar refractivity (Wildman–Crippen MR) is 130 cm³/mol. The van der Waals surface area contributed by atoms with Gasteiger partial charge >= 0.3 is 0 Å². The number of anilines is 2. The number of nitrogens with one attached hydrogen (secondary N) is 1. The summed E-state index contributed by atoms with van der Waals surface area (Å²) in [5, 5.41) is 22.7. The fourth-order valence-corrected chi connectivity index (χ4v) is 5.09. The van der Waals surface area contributed by atoms with Crippen molar-refractivity contribution in [2.75, 3.05) is 23.3 Å². The molecule has 1 amide bonds. The van der Waals surface area contributed by atoms with E-state index in [4.69, 9.17) is 4.42 Å². The van der Waals surface area contributed by atoms with Crippen molar-refractivity contribution >= 4 is 35.0 Å². The molecule has 3 aromatic rings. The van der Waals surface area contributed by atoms with Crippen LogP contribution in [0, 0.1) is 22.0 Å². The lowest BCUT2D eigenvalue weighted by molar-refractivity contribution is -0.384. The minimum absolute atomic E-state index is 0.0275. The molecular formula is C23H28N6O4S. The molecule has 11 heteroatoms. The molecule has 2 aromatic heterocycles. The van der Waals surface area contributed by atoms with E-state index in [0.717, 1.165) is 24.8 Å². The van der Waals surface area contributed by atoms with Gasteiger partial charge in [-0.1, -0.05) is 25.6 Å². The van der Waals surface area contributed by atoms with Crippen molar-refractivity contribution < 1.29 is 14.1 Å². The number of nitro groups is 1. The van der Waals surface area contributed by atoms with Crippen LogP contribution in [0.15, 0.2) is 52.2 Å². The maximum absolute atomic E-state index is 12.8. The quantitative estimate of drug-likeness (QED) is 0.283. The van der Waals surface area contributed by atoms with E-state index in [9.17, 15) is 14.9 Å². The van der Waals surface area contributed by atoms with Crippen molar-refractivity contribution in [3.8, 4) is 0 Å². The van der Waals surface area contributed by atoms with Crippen molar-refractivity contribution in [1.82, 2.24) is 14.8 Å². The van der Waals surface area contributed by atoms with Crippen molar-refractivity contribution in [2.24, 2.45) is 11.8 Å². The monoisotopic (exact) mass is 484 g/mol. The van der Waals surface area contributed by atoms with Crippen LogP contribution in [0.2, 0.25) is 0 Å². The highest BCUT2D eigenvalue weighted by atomic mass is 32.2. The number of amides is 1. The summed E-state index contributed by atoms with van der Waals surface area (Å²) in [6.45, 7) is 8.56. The zero-order valence-electron chi connectivity index (χ0n) is 19.4. The van der Waals surface area contributed by atoms with Crippen molar-refractivity contribution in [3.05, 3.63) is 58.5 Å². The zero-order chi connectivity index (χ0) is 24.2. The van der Waals surface area contributed by atoms with Crippen LogP contribution >= 0.6 is 11.8 Å². The summed E-state index contributed by atoms with van der Waals surface area (Å²) < 4.78 is 7.58. The predicted octanol–water partition coefficient (Wildman–Crippen LogP) is 4.43. The van der Waals surface area contributed by atoms with E-state index in [0.29, 0.717) is 29.2 Å². The lowest BCUT2D eigenvalue weighted by Gasteiger charge is -2.35. The maximum atomic E-state index is 12.8. The lowest BCUT2D eigenvalue weighted by atomic mass is 9.92. The van der Waals surface area contributed by atoms with Gasteiger partial charge in [-0.3, -0.25) is 19.5 Å². The molecule has 1 aliphatic rings. The van der Waals surface area contributed by atoms with Crippen molar-refractivity contribution in [3.63, 3.8) is 0 Å². The molecule has 0 bridgehead atoms. The summed E-state index contributed by atoms with van der Waals surface area (Å²) in [6.07, 6.45) is 2.82. The minimum Gasteiger partial charge on any atom is -0.467 e. The molecule has 1 fully saturated rings. The summed E-state index contributed by atoms with van der Waals surface area (Å²) in [5.74, 6) is 2.44. The maximum Gasteiger partial charge on any atom is 0.269 e. The van der Waals surface area contributed by atoms with E-state index in [1.807, 2.05) is 16.7 Å². The summed E-state index contributed by atoms with van der Waals surface area (Å²) in [4.78, 5) is 25.4. The van der Waals surface area contributed by atoms with Crippen LogP contribution in [-0.4, -0.2) is 43.9 Å². The number of hydrogen-bond acceptors (Lipinski definition) is 8. The van der Waals surface area contributed by atoms with Gasteiger partial charge in [0.1, 0.15) is 5.76 Å². The first-order valence-corrected chi connectivity index (χ1v) is 12.1. The number of carbonyl (C=O) groups is 1. The van der Waals surface area contributed by atoms with E-state index in [2.05, 4.69) is 34.3 Å². The van der Waals surface area contributed by atoms with E-state index in [1.54, 1.807) is 13.2 Å². The Morgan fingerprint density at radius 2 is 1.94 bits per heavy atom. The number of non-ortho nitro benzene ring substituents is 1. The zero-order valence-corrected chi connectivity index (χ0v) is 20.2. The van der Waals surface area contributed by atoms with E-state index in [1.165, 1.54) is 42.4 Å². The SMILES string of the molecule is CC1CC(C)CN(c2nnc(SC(C)C(=O)Nc3ccc([N+](=O)[O-])cc3)n2Cc2ccco2)C1. The van der Waals surface area contributed by atoms with Crippen LogP contribution in [0.25, 0.3) is 0 Å². The highest BCUT2D eigenvalue weighted by molar-refractivity contribution is 8.00.